The van der Waals surface area contributed by atoms with Crippen molar-refractivity contribution in [3.05, 3.63) is 0 Å². The molecule has 0 aliphatic rings. The molecule has 0 aromatic heterocycles. The Labute approximate surface area is 64.9 Å². The van der Waals surface area contributed by atoms with Crippen LogP contribution in [-0.4, -0.2) is 58.1 Å². The first-order chi connectivity index (χ1) is 4.13. The second-order valence-electron chi connectivity index (χ2n) is 1.86. The Morgan fingerprint density at radius 3 is 1.44 bits per heavy atom. The lowest BCUT2D eigenvalue weighted by Crippen LogP contribution is -2.30. The zero-order valence-corrected chi connectivity index (χ0v) is 5.33. The highest BCUT2D eigenvalue weighted by atomic mass is 13.2. The largest absolute Gasteiger partial charge is 0.122 e. The smallest absolute Gasteiger partial charge is 0.0434 e. The number of hydrogen-bond donors (Lipinski definition) is 0. The van der Waals surface area contributed by atoms with Gasteiger partial charge in [-0.25, -0.2) is 0 Å². The molecular formula is CH2B8. The van der Waals surface area contributed by atoms with Crippen LogP contribution in [0.3, 0.4) is 0 Å². The van der Waals surface area contributed by atoms with Crippen LogP contribution < -0.4 is 0 Å². The Morgan fingerprint density at radius 2 is 1.22 bits per heavy atom. The first-order valence-corrected chi connectivity index (χ1v) is 2.82. The monoisotopic (exact) mass is 102 g/mol. The molecule has 0 rings (SSSR count). The second-order valence-corrected chi connectivity index (χ2v) is 1.86. The van der Waals surface area contributed by atoms with E-state index in [2.05, 4.69) is 0 Å². The SMILES string of the molecule is [B]B([B])[B]C[B]B([B])[B]. The quantitative estimate of drug-likeness (QED) is 0.341. The molecule has 0 aromatic carbocycles. The number of hydrogen-bond acceptors (Lipinski definition) is 0. The topological polar surface area (TPSA) is 0 Å². The van der Waals surface area contributed by atoms with E-state index in [0.29, 0.717) is 6.22 Å². The molecule has 0 bridgehead atoms. The van der Waals surface area contributed by atoms with Gasteiger partial charge in [-0.3, -0.25) is 0 Å². The molecule has 0 N–H and O–H groups in total. The van der Waals surface area contributed by atoms with Crippen LogP contribution in [0.15, 0.2) is 0 Å². The summed E-state index contributed by atoms with van der Waals surface area (Å²) in [6.07, 6.45) is -0.0880. The van der Waals surface area contributed by atoms with Gasteiger partial charge in [-0.05, 0) is 0 Å². The summed E-state index contributed by atoms with van der Waals surface area (Å²) >= 11 is 0. The molecule has 0 aliphatic carbocycles. The van der Waals surface area contributed by atoms with Gasteiger partial charge in [0.15, 0.2) is 0 Å². The van der Waals surface area contributed by atoms with Gasteiger partial charge in [0, 0.05) is 58.1 Å². The van der Waals surface area contributed by atoms with Crippen molar-refractivity contribution in [1.29, 1.82) is 0 Å². The Balaban J connectivity index is 2.91. The Morgan fingerprint density at radius 1 is 0.889 bits per heavy atom. The van der Waals surface area contributed by atoms with Crippen LogP contribution in [0.1, 0.15) is 0 Å². The van der Waals surface area contributed by atoms with Gasteiger partial charge in [0.25, 0.3) is 0 Å². The van der Waals surface area contributed by atoms with E-state index in [-0.39, 0.29) is 12.8 Å². The summed E-state index contributed by atoms with van der Waals surface area (Å²) in [7, 11) is 24.3. The minimum Gasteiger partial charge on any atom is -0.122 e. The van der Waals surface area contributed by atoms with Crippen LogP contribution in [0.4, 0.5) is 0 Å². The molecule has 0 aromatic rings. The van der Waals surface area contributed by atoms with E-state index in [0.717, 1.165) is 0 Å². The van der Waals surface area contributed by atoms with Gasteiger partial charge in [0.05, 0.1) is 0 Å². The van der Waals surface area contributed by atoms with Crippen molar-refractivity contribution in [1.82, 2.24) is 0 Å². The van der Waals surface area contributed by atoms with E-state index in [4.69, 9.17) is 30.9 Å². The highest BCUT2D eigenvalue weighted by Gasteiger charge is 2.00. The first-order valence-electron chi connectivity index (χ1n) is 2.82. The lowest BCUT2D eigenvalue weighted by molar-refractivity contribution is 2.09. The maximum absolute atomic E-state index is 5.20. The van der Waals surface area contributed by atoms with E-state index >= 15 is 0 Å². The maximum atomic E-state index is 5.20. The molecule has 10 radical (unpaired) electrons. The van der Waals surface area contributed by atoms with Crippen LogP contribution in [0.25, 0.3) is 0 Å². The average molecular weight is 101 g/mol. The van der Waals surface area contributed by atoms with Crippen molar-refractivity contribution in [2.45, 2.75) is 6.22 Å². The molecule has 0 heterocycles. The summed E-state index contributed by atoms with van der Waals surface area (Å²) in [6, 6.07) is 0. The van der Waals surface area contributed by atoms with E-state index in [1.54, 1.807) is 14.3 Å². The van der Waals surface area contributed by atoms with Crippen LogP contribution >= 0.6 is 0 Å². The molecule has 0 atom stereocenters. The Bertz CT molecular complexity index is 49.6. The Hall–Kier alpha value is 0.519. The third kappa shape index (κ3) is 8.52. The van der Waals surface area contributed by atoms with Crippen LogP contribution in [0.5, 0.6) is 0 Å². The fourth-order valence-electron chi connectivity index (χ4n) is 0.393. The van der Waals surface area contributed by atoms with E-state index in [1.807, 2.05) is 0 Å². The van der Waals surface area contributed by atoms with Gasteiger partial charge >= 0.3 is 0 Å². The van der Waals surface area contributed by atoms with E-state index in [1.165, 1.54) is 0 Å². The molecule has 8 heteroatoms. The predicted octanol–water partition coefficient (Wildman–Crippen LogP) is -2.59. The van der Waals surface area contributed by atoms with Crippen molar-refractivity contribution in [2.24, 2.45) is 0 Å². The summed E-state index contributed by atoms with van der Waals surface area (Å²) in [4.78, 5) is 0. The van der Waals surface area contributed by atoms with Crippen molar-refractivity contribution >= 4 is 58.1 Å². The van der Waals surface area contributed by atoms with Gasteiger partial charge in [-0.1, -0.05) is 0 Å². The summed E-state index contributed by atoms with van der Waals surface area (Å²) in [5, 5.41) is 0. The molecule has 0 saturated carbocycles. The van der Waals surface area contributed by atoms with Gasteiger partial charge in [-0.15, -0.1) is 6.22 Å². The highest BCUT2D eigenvalue weighted by Crippen LogP contribution is 1.76. The lowest BCUT2D eigenvalue weighted by Gasteiger charge is -2.00. The van der Waals surface area contributed by atoms with Crippen LogP contribution in [0, 0.1) is 0 Å². The van der Waals surface area contributed by atoms with Crippen molar-refractivity contribution in [3.8, 4) is 0 Å². The highest BCUT2D eigenvalue weighted by molar-refractivity contribution is 7.57. The molecule has 0 nitrogen and oxygen atoms in total. The van der Waals surface area contributed by atoms with Crippen molar-refractivity contribution in [2.75, 3.05) is 0 Å². The molecule has 9 heavy (non-hydrogen) atoms. The molecule has 0 saturated heterocycles. The van der Waals surface area contributed by atoms with Gasteiger partial charge in [-0.2, -0.15) is 0 Å². The fraction of sp³-hybridized carbons (Fsp3) is 1.00. The fourth-order valence-corrected chi connectivity index (χ4v) is 0.393. The van der Waals surface area contributed by atoms with Crippen molar-refractivity contribution in [3.63, 3.8) is 0 Å². The summed E-state index contributed by atoms with van der Waals surface area (Å²) in [6.45, 7) is 0. The molecule has 0 aliphatic heterocycles. The van der Waals surface area contributed by atoms with Crippen molar-refractivity contribution < 1.29 is 0 Å². The molecule has 0 fully saturated rings. The standard InChI is InChI=1S/CH2B8/c2-8(3)6-1-7-9(4)5/h1H2. The molecule has 30 valence electrons. The zero-order valence-electron chi connectivity index (χ0n) is 5.33. The zero-order chi connectivity index (χ0) is 7.28. The third-order valence-corrected chi connectivity index (χ3v) is 0.816. The molecular weight excluding hydrogens is 98.5 g/mol. The Kier molecular flexibility index (Phi) is 5.62. The molecule has 0 spiro atoms. The maximum Gasteiger partial charge on any atom is 0.0434 e. The van der Waals surface area contributed by atoms with Gasteiger partial charge < -0.3 is 0 Å². The van der Waals surface area contributed by atoms with Gasteiger partial charge in [0.1, 0.15) is 0 Å². The first kappa shape index (κ1) is 9.52. The van der Waals surface area contributed by atoms with E-state index in [9.17, 15) is 0 Å². The molecule has 0 amide bonds. The summed E-state index contributed by atoms with van der Waals surface area (Å²) < 4.78 is 0. The molecule has 0 unspecified atom stereocenters. The number of rotatable bonds is 4. The van der Waals surface area contributed by atoms with Crippen LogP contribution in [0.2, 0.25) is 6.22 Å². The van der Waals surface area contributed by atoms with E-state index < -0.39 is 0 Å². The predicted molar refractivity (Wildman–Crippen MR) is 50.8 cm³/mol. The van der Waals surface area contributed by atoms with Gasteiger partial charge in [0.2, 0.25) is 0 Å². The minimum absolute atomic E-state index is 0.375. The van der Waals surface area contributed by atoms with Crippen LogP contribution in [-0.2, 0) is 0 Å². The summed E-state index contributed by atoms with van der Waals surface area (Å²) in [5.41, 5.74) is 0. The normalized spacial score (nSPS) is 8.00. The second kappa shape index (κ2) is 5.32. The third-order valence-electron chi connectivity index (χ3n) is 0.816. The lowest BCUT2D eigenvalue weighted by atomic mass is 8.93. The average Bonchev–Trinajstić information content (AvgIpc) is 1.63. The summed E-state index contributed by atoms with van der Waals surface area (Å²) in [5.74, 6) is 0. The minimum atomic E-state index is -0.375.